The lowest BCUT2D eigenvalue weighted by atomic mass is 9.99. The number of benzene rings is 1. The van der Waals surface area contributed by atoms with Crippen molar-refractivity contribution in [3.05, 3.63) is 29.3 Å². The summed E-state index contributed by atoms with van der Waals surface area (Å²) in [5.74, 6) is 0.835. The maximum Gasteiger partial charge on any atom is 0.191 e. The highest BCUT2D eigenvalue weighted by Crippen LogP contribution is 2.27. The minimum absolute atomic E-state index is 0.0615. The van der Waals surface area contributed by atoms with Gasteiger partial charge in [-0.05, 0) is 49.8 Å². The fourth-order valence-electron chi connectivity index (χ4n) is 3.60. The van der Waals surface area contributed by atoms with Gasteiger partial charge < -0.3 is 20.3 Å². The van der Waals surface area contributed by atoms with Gasteiger partial charge in [-0.25, -0.2) is 0 Å². The Labute approximate surface area is 145 Å². The molecule has 1 aromatic rings. The lowest BCUT2D eigenvalue weighted by Crippen LogP contribution is -2.45. The Balaban J connectivity index is 1.54. The van der Waals surface area contributed by atoms with E-state index in [0.717, 1.165) is 45.0 Å². The largest absolute Gasteiger partial charge is 0.374 e. The third-order valence-electron chi connectivity index (χ3n) is 5.11. The standard InChI is InChI=1S/C19H30N4O/c1-19(9-5-11-24-19)14-22-18(20-2)21-13-15-7-8-17-16(12-15)6-4-10-23(17)3/h7-8,12H,4-6,9-11,13-14H2,1-3H3,(H2,20,21,22). The van der Waals surface area contributed by atoms with Gasteiger partial charge in [-0.15, -0.1) is 0 Å². The van der Waals surface area contributed by atoms with Crippen LogP contribution in [0.1, 0.15) is 37.3 Å². The summed E-state index contributed by atoms with van der Waals surface area (Å²) in [6, 6.07) is 6.78. The molecule has 132 valence electrons. The summed E-state index contributed by atoms with van der Waals surface area (Å²) in [5.41, 5.74) is 4.07. The number of aliphatic imine (C=N–C) groups is 1. The van der Waals surface area contributed by atoms with Crippen LogP contribution < -0.4 is 15.5 Å². The molecule has 5 nitrogen and oxygen atoms in total. The molecule has 2 aliphatic heterocycles. The molecule has 1 saturated heterocycles. The molecule has 1 atom stereocenters. The molecule has 0 aromatic heterocycles. The average molecular weight is 330 g/mol. The van der Waals surface area contributed by atoms with E-state index in [1.165, 1.54) is 29.7 Å². The van der Waals surface area contributed by atoms with Gasteiger partial charge in [-0.1, -0.05) is 12.1 Å². The van der Waals surface area contributed by atoms with E-state index in [1.54, 1.807) is 0 Å². The molecule has 1 aromatic carbocycles. The first-order chi connectivity index (χ1) is 11.6. The zero-order valence-electron chi connectivity index (χ0n) is 15.2. The summed E-state index contributed by atoms with van der Waals surface area (Å²) in [6.45, 7) is 5.77. The second-order valence-corrected chi connectivity index (χ2v) is 7.17. The first-order valence-electron chi connectivity index (χ1n) is 9.01. The molecule has 0 radical (unpaired) electrons. The van der Waals surface area contributed by atoms with Crippen molar-refractivity contribution in [1.82, 2.24) is 10.6 Å². The number of anilines is 1. The number of fused-ring (bicyclic) bond motifs is 1. The van der Waals surface area contributed by atoms with Crippen molar-refractivity contribution in [2.45, 2.75) is 44.8 Å². The van der Waals surface area contributed by atoms with E-state index in [9.17, 15) is 0 Å². The third-order valence-corrected chi connectivity index (χ3v) is 5.11. The number of hydrogen-bond donors (Lipinski definition) is 2. The van der Waals surface area contributed by atoms with Crippen LogP contribution in [0.3, 0.4) is 0 Å². The van der Waals surface area contributed by atoms with Gasteiger partial charge in [-0.3, -0.25) is 4.99 Å². The number of guanidine groups is 1. The van der Waals surface area contributed by atoms with E-state index >= 15 is 0 Å². The molecule has 2 heterocycles. The maximum atomic E-state index is 5.82. The summed E-state index contributed by atoms with van der Waals surface area (Å²) < 4.78 is 5.82. The van der Waals surface area contributed by atoms with E-state index in [-0.39, 0.29) is 5.60 Å². The van der Waals surface area contributed by atoms with Gasteiger partial charge in [0.1, 0.15) is 0 Å². The van der Waals surface area contributed by atoms with Crippen LogP contribution in [0.25, 0.3) is 0 Å². The number of nitrogens with zero attached hydrogens (tertiary/aromatic N) is 2. The van der Waals surface area contributed by atoms with Gasteiger partial charge >= 0.3 is 0 Å². The van der Waals surface area contributed by atoms with Crippen molar-refractivity contribution in [2.75, 3.05) is 38.7 Å². The monoisotopic (exact) mass is 330 g/mol. The summed E-state index contributed by atoms with van der Waals surface area (Å²) >= 11 is 0. The first kappa shape index (κ1) is 17.1. The Kier molecular flexibility index (Phi) is 5.29. The second kappa shape index (κ2) is 7.43. The molecular weight excluding hydrogens is 300 g/mol. The molecule has 2 aliphatic rings. The Morgan fingerprint density at radius 3 is 2.96 bits per heavy atom. The number of hydrogen-bond acceptors (Lipinski definition) is 3. The highest BCUT2D eigenvalue weighted by atomic mass is 16.5. The molecule has 2 N–H and O–H groups in total. The number of rotatable bonds is 4. The summed E-state index contributed by atoms with van der Waals surface area (Å²) in [5, 5.41) is 6.81. The second-order valence-electron chi connectivity index (χ2n) is 7.17. The van der Waals surface area contributed by atoms with Crippen LogP contribution in [0.4, 0.5) is 5.69 Å². The molecule has 1 fully saturated rings. The summed E-state index contributed by atoms with van der Waals surface area (Å²) in [7, 11) is 3.99. The molecular formula is C19H30N4O. The van der Waals surface area contributed by atoms with Gasteiger partial charge in [0, 0.05) is 46.0 Å². The quantitative estimate of drug-likeness (QED) is 0.657. The minimum atomic E-state index is -0.0615. The van der Waals surface area contributed by atoms with Crippen LogP contribution in [0.2, 0.25) is 0 Å². The van der Waals surface area contributed by atoms with Crippen LogP contribution >= 0.6 is 0 Å². The Bertz CT molecular complexity index is 593. The Hall–Kier alpha value is -1.75. The SMILES string of the molecule is CN=C(NCc1ccc2c(c1)CCCN2C)NCC1(C)CCCO1. The van der Waals surface area contributed by atoms with Gasteiger partial charge in [0.15, 0.2) is 5.96 Å². The zero-order valence-corrected chi connectivity index (χ0v) is 15.2. The lowest BCUT2D eigenvalue weighted by molar-refractivity contribution is 0.0243. The molecule has 1 unspecified atom stereocenters. The fourth-order valence-corrected chi connectivity index (χ4v) is 3.60. The van der Waals surface area contributed by atoms with Crippen molar-refractivity contribution in [1.29, 1.82) is 0 Å². The first-order valence-corrected chi connectivity index (χ1v) is 9.01. The summed E-state index contributed by atoms with van der Waals surface area (Å²) in [4.78, 5) is 6.67. The van der Waals surface area contributed by atoms with Crippen LogP contribution in [0, 0.1) is 0 Å². The van der Waals surface area contributed by atoms with Crippen LogP contribution in [0.5, 0.6) is 0 Å². The number of ether oxygens (including phenoxy) is 1. The predicted molar refractivity (Wildman–Crippen MR) is 99.8 cm³/mol. The Morgan fingerprint density at radius 1 is 1.33 bits per heavy atom. The van der Waals surface area contributed by atoms with Crippen molar-refractivity contribution in [2.24, 2.45) is 4.99 Å². The van der Waals surface area contributed by atoms with Crippen LogP contribution in [0.15, 0.2) is 23.2 Å². The van der Waals surface area contributed by atoms with Crippen molar-refractivity contribution in [3.8, 4) is 0 Å². The zero-order chi connectivity index (χ0) is 17.0. The van der Waals surface area contributed by atoms with Crippen LogP contribution in [-0.4, -0.2) is 45.4 Å². The minimum Gasteiger partial charge on any atom is -0.374 e. The maximum absolute atomic E-state index is 5.82. The number of nitrogens with one attached hydrogen (secondary N) is 2. The molecule has 5 heteroatoms. The highest BCUT2D eigenvalue weighted by Gasteiger charge is 2.29. The van der Waals surface area contributed by atoms with E-state index in [4.69, 9.17) is 4.74 Å². The van der Waals surface area contributed by atoms with E-state index in [0.29, 0.717) is 0 Å². The molecule has 24 heavy (non-hydrogen) atoms. The third kappa shape index (κ3) is 4.01. The average Bonchev–Trinajstić information content (AvgIpc) is 3.02. The van der Waals surface area contributed by atoms with E-state index in [1.807, 2.05) is 7.05 Å². The van der Waals surface area contributed by atoms with Gasteiger partial charge in [0.05, 0.1) is 5.60 Å². The smallest absolute Gasteiger partial charge is 0.191 e. The van der Waals surface area contributed by atoms with Gasteiger partial charge in [0.2, 0.25) is 0 Å². The lowest BCUT2D eigenvalue weighted by Gasteiger charge is -2.28. The van der Waals surface area contributed by atoms with E-state index < -0.39 is 0 Å². The molecule has 3 rings (SSSR count). The van der Waals surface area contributed by atoms with Crippen molar-refractivity contribution in [3.63, 3.8) is 0 Å². The molecule has 0 aliphatic carbocycles. The van der Waals surface area contributed by atoms with Crippen LogP contribution in [-0.2, 0) is 17.7 Å². The van der Waals surface area contributed by atoms with Crippen molar-refractivity contribution >= 4 is 11.6 Å². The predicted octanol–water partition coefficient (Wildman–Crippen LogP) is 2.30. The number of aryl methyl sites for hydroxylation is 1. The molecule has 0 amide bonds. The Morgan fingerprint density at radius 2 is 2.21 bits per heavy atom. The molecule has 0 spiro atoms. The summed E-state index contributed by atoms with van der Waals surface area (Å²) in [6.07, 6.45) is 4.67. The van der Waals surface area contributed by atoms with Gasteiger partial charge in [-0.2, -0.15) is 0 Å². The van der Waals surface area contributed by atoms with Crippen molar-refractivity contribution < 1.29 is 4.74 Å². The molecule has 0 bridgehead atoms. The normalized spacial score (nSPS) is 24.0. The molecule has 0 saturated carbocycles. The van der Waals surface area contributed by atoms with E-state index in [2.05, 4.69) is 52.7 Å². The van der Waals surface area contributed by atoms with Gasteiger partial charge in [0.25, 0.3) is 0 Å². The topological polar surface area (TPSA) is 48.9 Å². The fraction of sp³-hybridized carbons (Fsp3) is 0.632. The highest BCUT2D eigenvalue weighted by molar-refractivity contribution is 5.79.